The molecule has 0 saturated carbocycles. The van der Waals surface area contributed by atoms with E-state index in [1.54, 1.807) is 0 Å². The predicted molar refractivity (Wildman–Crippen MR) is 71.4 cm³/mol. The van der Waals surface area contributed by atoms with E-state index >= 15 is 0 Å². The van der Waals surface area contributed by atoms with Crippen molar-refractivity contribution in [3.8, 4) is 0 Å². The van der Waals surface area contributed by atoms with E-state index in [9.17, 15) is 14.4 Å². The van der Waals surface area contributed by atoms with Gasteiger partial charge in [-0.1, -0.05) is 6.92 Å². The second-order valence-corrected chi connectivity index (χ2v) is 4.19. The Hall–Kier alpha value is -2.44. The van der Waals surface area contributed by atoms with Crippen molar-refractivity contribution in [1.82, 2.24) is 15.6 Å². The third-order valence-electron chi connectivity index (χ3n) is 2.54. The molecule has 0 aliphatic rings. The highest BCUT2D eigenvalue weighted by atomic mass is 16.4. The number of aromatic carboxylic acids is 1. The molecule has 1 atom stereocenters. The molecule has 1 unspecified atom stereocenters. The van der Waals surface area contributed by atoms with Gasteiger partial charge >= 0.3 is 5.97 Å². The van der Waals surface area contributed by atoms with Crippen LogP contribution in [0.25, 0.3) is 0 Å². The van der Waals surface area contributed by atoms with Crippen LogP contribution in [0.5, 0.6) is 0 Å². The van der Waals surface area contributed by atoms with E-state index in [0.717, 1.165) is 6.42 Å². The van der Waals surface area contributed by atoms with Crippen molar-refractivity contribution in [2.75, 3.05) is 6.54 Å². The summed E-state index contributed by atoms with van der Waals surface area (Å²) >= 11 is 0. The molecule has 20 heavy (non-hydrogen) atoms. The van der Waals surface area contributed by atoms with Crippen LogP contribution >= 0.6 is 0 Å². The fourth-order valence-electron chi connectivity index (χ4n) is 1.49. The summed E-state index contributed by atoms with van der Waals surface area (Å²) in [7, 11) is 0. The van der Waals surface area contributed by atoms with Gasteiger partial charge in [-0.15, -0.1) is 0 Å². The molecule has 0 radical (unpaired) electrons. The van der Waals surface area contributed by atoms with E-state index in [1.165, 1.54) is 25.3 Å². The SMILES string of the molecule is CCCNC(=O)C(C)NC(=O)c1ncccc1C(=O)O. The smallest absolute Gasteiger partial charge is 0.338 e. The monoisotopic (exact) mass is 279 g/mol. The molecule has 2 amide bonds. The second-order valence-electron chi connectivity index (χ2n) is 4.19. The third-order valence-corrected chi connectivity index (χ3v) is 2.54. The number of nitrogens with one attached hydrogen (secondary N) is 2. The molecule has 1 heterocycles. The molecule has 0 fully saturated rings. The van der Waals surface area contributed by atoms with Crippen LogP contribution in [0.1, 0.15) is 41.1 Å². The molecular formula is C13H17N3O4. The van der Waals surface area contributed by atoms with Crippen molar-refractivity contribution in [2.45, 2.75) is 26.3 Å². The van der Waals surface area contributed by atoms with Crippen LogP contribution in [0.4, 0.5) is 0 Å². The van der Waals surface area contributed by atoms with Gasteiger partial charge in [0.15, 0.2) is 0 Å². The summed E-state index contributed by atoms with van der Waals surface area (Å²) in [4.78, 5) is 38.3. The maximum Gasteiger partial charge on any atom is 0.338 e. The minimum absolute atomic E-state index is 0.203. The number of hydrogen-bond donors (Lipinski definition) is 3. The number of carboxylic acids is 1. The molecule has 0 saturated heterocycles. The summed E-state index contributed by atoms with van der Waals surface area (Å²) in [5.41, 5.74) is -0.415. The van der Waals surface area contributed by atoms with Gasteiger partial charge in [0.05, 0.1) is 5.56 Å². The molecular weight excluding hydrogens is 262 g/mol. The van der Waals surface area contributed by atoms with Crippen LogP contribution < -0.4 is 10.6 Å². The van der Waals surface area contributed by atoms with E-state index in [2.05, 4.69) is 15.6 Å². The maximum atomic E-state index is 11.9. The number of carbonyl (C=O) groups is 3. The molecule has 0 bridgehead atoms. The highest BCUT2D eigenvalue weighted by Gasteiger charge is 2.21. The first-order chi connectivity index (χ1) is 9.47. The standard InChI is InChI=1S/C13H17N3O4/c1-3-6-15-11(17)8(2)16-12(18)10-9(13(19)20)5-4-7-14-10/h4-5,7-8H,3,6H2,1-2H3,(H,15,17)(H,16,18)(H,19,20). The Labute approximate surface area is 116 Å². The summed E-state index contributed by atoms with van der Waals surface area (Å²) in [6.07, 6.45) is 2.11. The van der Waals surface area contributed by atoms with Crippen LogP contribution in [0.3, 0.4) is 0 Å². The number of carboxylic acid groups (broad SMARTS) is 1. The lowest BCUT2D eigenvalue weighted by Crippen LogP contribution is -2.45. The maximum absolute atomic E-state index is 11.9. The van der Waals surface area contributed by atoms with Gasteiger partial charge in [-0.3, -0.25) is 14.6 Å². The van der Waals surface area contributed by atoms with E-state index in [4.69, 9.17) is 5.11 Å². The molecule has 7 heteroatoms. The molecule has 108 valence electrons. The van der Waals surface area contributed by atoms with Crippen molar-refractivity contribution >= 4 is 17.8 Å². The number of carbonyl (C=O) groups excluding carboxylic acids is 2. The molecule has 1 aromatic rings. The molecule has 0 aliphatic carbocycles. The molecule has 0 aliphatic heterocycles. The Bertz CT molecular complexity index is 516. The van der Waals surface area contributed by atoms with E-state index in [0.29, 0.717) is 6.54 Å². The van der Waals surface area contributed by atoms with Crippen LogP contribution in [-0.4, -0.2) is 40.5 Å². The zero-order valence-electron chi connectivity index (χ0n) is 11.3. The molecule has 0 spiro atoms. The molecule has 7 nitrogen and oxygen atoms in total. The summed E-state index contributed by atoms with van der Waals surface area (Å²) in [5.74, 6) is -2.26. The normalized spacial score (nSPS) is 11.5. The Balaban J connectivity index is 2.76. The van der Waals surface area contributed by atoms with Crippen LogP contribution in [-0.2, 0) is 4.79 Å². The minimum atomic E-state index is -1.24. The topological polar surface area (TPSA) is 108 Å². The van der Waals surface area contributed by atoms with Gasteiger partial charge in [-0.05, 0) is 25.5 Å². The summed E-state index contributed by atoms with van der Waals surface area (Å²) < 4.78 is 0. The fraction of sp³-hybridized carbons (Fsp3) is 0.385. The van der Waals surface area contributed by atoms with Gasteiger partial charge in [0.2, 0.25) is 5.91 Å². The first-order valence-electron chi connectivity index (χ1n) is 6.24. The van der Waals surface area contributed by atoms with Crippen molar-refractivity contribution in [3.63, 3.8) is 0 Å². The van der Waals surface area contributed by atoms with Crippen molar-refractivity contribution in [1.29, 1.82) is 0 Å². The lowest BCUT2D eigenvalue weighted by molar-refractivity contribution is -0.122. The second kappa shape index (κ2) is 7.22. The lowest BCUT2D eigenvalue weighted by Gasteiger charge is -2.14. The first kappa shape index (κ1) is 15.6. The Morgan fingerprint density at radius 1 is 1.40 bits per heavy atom. The van der Waals surface area contributed by atoms with E-state index in [-0.39, 0.29) is 17.2 Å². The molecule has 1 aromatic heterocycles. The van der Waals surface area contributed by atoms with E-state index in [1.807, 2.05) is 6.92 Å². The van der Waals surface area contributed by atoms with E-state index < -0.39 is 17.9 Å². The van der Waals surface area contributed by atoms with Crippen LogP contribution in [0.2, 0.25) is 0 Å². The Morgan fingerprint density at radius 3 is 2.70 bits per heavy atom. The quantitative estimate of drug-likeness (QED) is 0.699. The molecule has 1 rings (SSSR count). The molecule has 0 aromatic carbocycles. The van der Waals surface area contributed by atoms with Gasteiger partial charge in [0.1, 0.15) is 11.7 Å². The number of rotatable bonds is 6. The highest BCUT2D eigenvalue weighted by molar-refractivity contribution is 6.04. The van der Waals surface area contributed by atoms with Gasteiger partial charge in [0.25, 0.3) is 5.91 Å². The summed E-state index contributed by atoms with van der Waals surface area (Å²) in [6.45, 7) is 3.95. The van der Waals surface area contributed by atoms with Gasteiger partial charge in [-0.25, -0.2) is 4.79 Å². The largest absolute Gasteiger partial charge is 0.478 e. The zero-order valence-corrected chi connectivity index (χ0v) is 11.3. The number of aromatic nitrogens is 1. The average Bonchev–Trinajstić information content (AvgIpc) is 2.44. The van der Waals surface area contributed by atoms with Gasteiger partial charge in [-0.2, -0.15) is 0 Å². The Kier molecular flexibility index (Phi) is 5.64. The number of nitrogens with zero attached hydrogens (tertiary/aromatic N) is 1. The lowest BCUT2D eigenvalue weighted by atomic mass is 10.1. The van der Waals surface area contributed by atoms with Crippen molar-refractivity contribution in [2.24, 2.45) is 0 Å². The predicted octanol–water partition coefficient (Wildman–Crippen LogP) is 0.424. The number of pyridine rings is 1. The van der Waals surface area contributed by atoms with Crippen molar-refractivity contribution < 1.29 is 19.5 Å². The Morgan fingerprint density at radius 2 is 2.10 bits per heavy atom. The summed E-state index contributed by atoms with van der Waals surface area (Å²) in [5, 5.41) is 14.0. The molecule has 3 N–H and O–H groups in total. The third kappa shape index (κ3) is 4.04. The number of hydrogen-bond acceptors (Lipinski definition) is 4. The highest BCUT2D eigenvalue weighted by Crippen LogP contribution is 2.05. The zero-order chi connectivity index (χ0) is 15.1. The van der Waals surface area contributed by atoms with Gasteiger partial charge < -0.3 is 15.7 Å². The van der Waals surface area contributed by atoms with Crippen LogP contribution in [0, 0.1) is 0 Å². The first-order valence-corrected chi connectivity index (χ1v) is 6.24. The average molecular weight is 279 g/mol. The van der Waals surface area contributed by atoms with Gasteiger partial charge in [0, 0.05) is 12.7 Å². The van der Waals surface area contributed by atoms with Crippen molar-refractivity contribution in [3.05, 3.63) is 29.6 Å². The van der Waals surface area contributed by atoms with Crippen LogP contribution in [0.15, 0.2) is 18.3 Å². The minimum Gasteiger partial charge on any atom is -0.478 e. The fourth-order valence-corrected chi connectivity index (χ4v) is 1.49. The number of amides is 2. The summed E-state index contributed by atoms with van der Waals surface area (Å²) in [6, 6.07) is 1.95.